The first-order valence-corrected chi connectivity index (χ1v) is 8.24. The average Bonchev–Trinajstić information content (AvgIpc) is 2.65. The third-order valence-electron chi connectivity index (χ3n) is 4.13. The van der Waals surface area contributed by atoms with Crippen molar-refractivity contribution in [2.45, 2.75) is 13.0 Å². The summed E-state index contributed by atoms with van der Waals surface area (Å²) in [5, 5.41) is 2.11. The fraction of sp³-hybridized carbons (Fsp3) is 0.143. The highest BCUT2D eigenvalue weighted by molar-refractivity contribution is 5.98. The Labute approximate surface area is 146 Å². The molecule has 25 heavy (non-hydrogen) atoms. The summed E-state index contributed by atoms with van der Waals surface area (Å²) in [7, 11) is 0. The molecule has 0 aliphatic carbocycles. The van der Waals surface area contributed by atoms with Gasteiger partial charge in [-0.1, -0.05) is 60.7 Å². The lowest BCUT2D eigenvalue weighted by Crippen LogP contribution is -2.33. The molecule has 0 saturated carbocycles. The van der Waals surface area contributed by atoms with Gasteiger partial charge in [0.2, 0.25) is 5.91 Å². The summed E-state index contributed by atoms with van der Waals surface area (Å²) in [4.78, 5) is 25.8. The zero-order valence-corrected chi connectivity index (χ0v) is 13.9. The van der Waals surface area contributed by atoms with Crippen molar-refractivity contribution in [1.82, 2.24) is 4.90 Å². The number of carbonyl (C=O) groups is 2. The minimum absolute atomic E-state index is 0.101. The molecule has 2 amide bonds. The Morgan fingerprint density at radius 1 is 0.840 bits per heavy atom. The van der Waals surface area contributed by atoms with Gasteiger partial charge in [0.25, 0.3) is 5.91 Å². The van der Waals surface area contributed by atoms with Gasteiger partial charge < -0.3 is 10.6 Å². The lowest BCUT2D eigenvalue weighted by atomic mass is 10.1. The Hall–Kier alpha value is -3.14. The number of carbonyl (C=O) groups excluding carboxylic acids is 2. The number of hydrogen-bond acceptors (Lipinski definition) is 2. The zero-order valence-electron chi connectivity index (χ0n) is 13.9. The van der Waals surface area contributed by atoms with Crippen molar-refractivity contribution in [2.75, 3.05) is 6.54 Å². The molecule has 0 radical (unpaired) electrons. The van der Waals surface area contributed by atoms with Crippen LogP contribution in [-0.2, 0) is 11.3 Å². The molecule has 0 fully saturated rings. The topological polar surface area (TPSA) is 63.4 Å². The van der Waals surface area contributed by atoms with Gasteiger partial charge in [-0.3, -0.25) is 9.59 Å². The molecule has 4 heteroatoms. The lowest BCUT2D eigenvalue weighted by Gasteiger charge is -2.22. The first-order chi connectivity index (χ1) is 12.1. The predicted molar refractivity (Wildman–Crippen MR) is 98.9 cm³/mol. The van der Waals surface area contributed by atoms with Crippen LogP contribution in [0.2, 0.25) is 0 Å². The summed E-state index contributed by atoms with van der Waals surface area (Å²) < 4.78 is 0. The van der Waals surface area contributed by atoms with E-state index in [9.17, 15) is 9.59 Å². The van der Waals surface area contributed by atoms with E-state index < -0.39 is 5.91 Å². The van der Waals surface area contributed by atoms with E-state index in [2.05, 4.69) is 0 Å². The van der Waals surface area contributed by atoms with E-state index in [4.69, 9.17) is 5.73 Å². The summed E-state index contributed by atoms with van der Waals surface area (Å²) in [6.07, 6.45) is 0.145. The van der Waals surface area contributed by atoms with Crippen LogP contribution in [-0.4, -0.2) is 23.3 Å². The maximum Gasteiger partial charge on any atom is 0.254 e. The Morgan fingerprint density at radius 2 is 1.52 bits per heavy atom. The molecule has 3 aromatic rings. The van der Waals surface area contributed by atoms with Crippen LogP contribution in [0.5, 0.6) is 0 Å². The molecule has 0 bridgehead atoms. The molecule has 0 spiro atoms. The summed E-state index contributed by atoms with van der Waals surface area (Å²) in [6, 6.07) is 23.3. The Morgan fingerprint density at radius 3 is 2.24 bits per heavy atom. The van der Waals surface area contributed by atoms with Crippen LogP contribution in [0.4, 0.5) is 0 Å². The second-order valence-electron chi connectivity index (χ2n) is 5.99. The van der Waals surface area contributed by atoms with Gasteiger partial charge in [-0.2, -0.15) is 0 Å². The number of nitrogens with zero attached hydrogens (tertiary/aromatic N) is 1. The quantitative estimate of drug-likeness (QED) is 0.752. The molecule has 0 heterocycles. The van der Waals surface area contributed by atoms with Crippen LogP contribution >= 0.6 is 0 Å². The third-order valence-corrected chi connectivity index (χ3v) is 4.13. The second kappa shape index (κ2) is 7.62. The van der Waals surface area contributed by atoms with E-state index in [-0.39, 0.29) is 12.3 Å². The summed E-state index contributed by atoms with van der Waals surface area (Å²) in [5.74, 6) is -0.514. The normalized spacial score (nSPS) is 10.6. The molecule has 3 rings (SSSR count). The fourth-order valence-corrected chi connectivity index (χ4v) is 2.81. The maximum absolute atomic E-state index is 13.0. The van der Waals surface area contributed by atoms with Crippen LogP contribution in [0.1, 0.15) is 22.3 Å². The lowest BCUT2D eigenvalue weighted by molar-refractivity contribution is -0.118. The molecule has 0 aromatic heterocycles. The van der Waals surface area contributed by atoms with E-state index in [1.54, 1.807) is 4.90 Å². The minimum atomic E-state index is -0.413. The molecule has 3 aromatic carbocycles. The number of fused-ring (bicyclic) bond motifs is 1. The van der Waals surface area contributed by atoms with E-state index >= 15 is 0 Å². The van der Waals surface area contributed by atoms with Crippen molar-refractivity contribution >= 4 is 22.6 Å². The molecular weight excluding hydrogens is 312 g/mol. The number of rotatable bonds is 6. The van der Waals surface area contributed by atoms with Gasteiger partial charge in [0, 0.05) is 25.1 Å². The maximum atomic E-state index is 13.0. The van der Waals surface area contributed by atoms with Crippen molar-refractivity contribution in [3.63, 3.8) is 0 Å². The highest BCUT2D eigenvalue weighted by Gasteiger charge is 2.17. The number of benzene rings is 3. The van der Waals surface area contributed by atoms with Crippen LogP contribution in [0.15, 0.2) is 72.8 Å². The largest absolute Gasteiger partial charge is 0.370 e. The SMILES string of the molecule is NC(=O)CCN(Cc1ccccc1)C(=O)c1ccc2ccccc2c1. The van der Waals surface area contributed by atoms with Crippen molar-refractivity contribution in [2.24, 2.45) is 5.73 Å². The first-order valence-electron chi connectivity index (χ1n) is 8.24. The Balaban J connectivity index is 1.87. The van der Waals surface area contributed by atoms with Crippen molar-refractivity contribution < 1.29 is 9.59 Å². The van der Waals surface area contributed by atoms with Gasteiger partial charge in [-0.15, -0.1) is 0 Å². The minimum Gasteiger partial charge on any atom is -0.370 e. The molecule has 0 aliphatic rings. The summed E-state index contributed by atoms with van der Waals surface area (Å²) in [6.45, 7) is 0.746. The molecule has 126 valence electrons. The molecule has 0 aliphatic heterocycles. The first kappa shape index (κ1) is 16.7. The van der Waals surface area contributed by atoms with Gasteiger partial charge in [0.15, 0.2) is 0 Å². The highest BCUT2D eigenvalue weighted by Crippen LogP contribution is 2.18. The standard InChI is InChI=1S/C21H20N2O2/c22-20(24)12-13-23(15-16-6-2-1-3-7-16)21(25)19-11-10-17-8-4-5-9-18(17)14-19/h1-11,14H,12-13,15H2,(H2,22,24). The van der Waals surface area contributed by atoms with Crippen LogP contribution in [0.25, 0.3) is 10.8 Å². The van der Waals surface area contributed by atoms with E-state index in [0.717, 1.165) is 16.3 Å². The van der Waals surface area contributed by atoms with Crippen LogP contribution < -0.4 is 5.73 Å². The zero-order chi connectivity index (χ0) is 17.6. The number of amides is 2. The van der Waals surface area contributed by atoms with Crippen molar-refractivity contribution in [3.05, 3.63) is 83.9 Å². The molecular formula is C21H20N2O2. The molecule has 0 unspecified atom stereocenters. The molecule has 0 atom stereocenters. The van der Waals surface area contributed by atoms with Gasteiger partial charge in [0.05, 0.1) is 0 Å². The number of hydrogen-bond donors (Lipinski definition) is 1. The Kier molecular flexibility index (Phi) is 5.09. The van der Waals surface area contributed by atoms with Crippen molar-refractivity contribution in [1.29, 1.82) is 0 Å². The highest BCUT2D eigenvalue weighted by atomic mass is 16.2. The van der Waals surface area contributed by atoms with Crippen LogP contribution in [0.3, 0.4) is 0 Å². The Bertz CT molecular complexity index is 891. The van der Waals surface area contributed by atoms with Gasteiger partial charge in [-0.25, -0.2) is 0 Å². The van der Waals surface area contributed by atoms with E-state index in [0.29, 0.717) is 18.7 Å². The van der Waals surface area contributed by atoms with Gasteiger partial charge in [-0.05, 0) is 28.5 Å². The monoisotopic (exact) mass is 332 g/mol. The third kappa shape index (κ3) is 4.23. The summed E-state index contributed by atoms with van der Waals surface area (Å²) in [5.41, 5.74) is 6.90. The van der Waals surface area contributed by atoms with E-state index in [1.165, 1.54) is 0 Å². The fourth-order valence-electron chi connectivity index (χ4n) is 2.81. The molecule has 2 N–H and O–H groups in total. The second-order valence-corrected chi connectivity index (χ2v) is 5.99. The number of primary amides is 1. The van der Waals surface area contributed by atoms with Crippen LogP contribution in [0, 0.1) is 0 Å². The average molecular weight is 332 g/mol. The number of nitrogens with two attached hydrogens (primary N) is 1. The van der Waals surface area contributed by atoms with E-state index in [1.807, 2.05) is 72.8 Å². The molecule has 0 saturated heterocycles. The van der Waals surface area contributed by atoms with Crippen molar-refractivity contribution in [3.8, 4) is 0 Å². The molecule has 4 nitrogen and oxygen atoms in total. The summed E-state index contributed by atoms with van der Waals surface area (Å²) >= 11 is 0. The smallest absolute Gasteiger partial charge is 0.254 e. The van der Waals surface area contributed by atoms with Gasteiger partial charge >= 0.3 is 0 Å². The predicted octanol–water partition coefficient (Wildman–Crippen LogP) is 3.36. The van der Waals surface area contributed by atoms with Gasteiger partial charge in [0.1, 0.15) is 0 Å².